The summed E-state index contributed by atoms with van der Waals surface area (Å²) >= 11 is 0. The molecule has 6 nitrogen and oxygen atoms in total. The molecule has 22 heavy (non-hydrogen) atoms. The van der Waals surface area contributed by atoms with E-state index in [9.17, 15) is 4.79 Å². The van der Waals surface area contributed by atoms with Crippen molar-refractivity contribution in [3.05, 3.63) is 29.8 Å². The molecule has 1 heterocycles. The predicted molar refractivity (Wildman–Crippen MR) is 82.1 cm³/mol. The van der Waals surface area contributed by atoms with Crippen molar-refractivity contribution in [1.82, 2.24) is 10.4 Å². The van der Waals surface area contributed by atoms with E-state index < -0.39 is 0 Å². The topological polar surface area (TPSA) is 71.0 Å². The number of amides is 1. The van der Waals surface area contributed by atoms with Crippen LogP contribution in [0.1, 0.15) is 18.4 Å². The molecule has 0 aromatic heterocycles. The molecular formula is C16H24N2O4. The molecular weight excluding hydrogens is 284 g/mol. The van der Waals surface area contributed by atoms with Gasteiger partial charge >= 0.3 is 0 Å². The van der Waals surface area contributed by atoms with Crippen LogP contribution in [0.2, 0.25) is 0 Å². The molecule has 0 saturated carbocycles. The van der Waals surface area contributed by atoms with Gasteiger partial charge in [-0.25, -0.2) is 5.48 Å². The minimum atomic E-state index is -0.344. The van der Waals surface area contributed by atoms with Crippen molar-refractivity contribution in [2.75, 3.05) is 39.5 Å². The minimum absolute atomic E-state index is 0.328. The average molecular weight is 308 g/mol. The van der Waals surface area contributed by atoms with Gasteiger partial charge in [0.25, 0.3) is 0 Å². The summed E-state index contributed by atoms with van der Waals surface area (Å²) in [5.41, 5.74) is 2.80. The smallest absolute Gasteiger partial charge is 0.243 e. The van der Waals surface area contributed by atoms with Gasteiger partial charge in [0, 0.05) is 26.1 Å². The van der Waals surface area contributed by atoms with Crippen molar-refractivity contribution in [2.45, 2.75) is 19.3 Å². The number of nitrogens with zero attached hydrogens (tertiary/aromatic N) is 1. The lowest BCUT2D eigenvalue weighted by Crippen LogP contribution is -2.38. The first-order valence-corrected chi connectivity index (χ1v) is 7.73. The molecule has 1 amide bonds. The van der Waals surface area contributed by atoms with Crippen LogP contribution in [0.3, 0.4) is 0 Å². The number of nitrogens with one attached hydrogen (secondary N) is 1. The van der Waals surface area contributed by atoms with Crippen LogP contribution in [-0.4, -0.2) is 55.5 Å². The highest BCUT2D eigenvalue weighted by Crippen LogP contribution is 2.14. The van der Waals surface area contributed by atoms with Gasteiger partial charge in [0.1, 0.15) is 12.4 Å². The Hall–Kier alpha value is -1.63. The maximum absolute atomic E-state index is 10.9. The zero-order valence-electron chi connectivity index (χ0n) is 12.8. The van der Waals surface area contributed by atoms with Crippen LogP contribution in [-0.2, 0) is 16.0 Å². The number of carbonyl (C=O) groups excluding carboxylic acids is 1. The molecule has 1 aliphatic heterocycles. The van der Waals surface area contributed by atoms with Crippen LogP contribution in [0, 0.1) is 0 Å². The number of hydrogen-bond donors (Lipinski definition) is 2. The van der Waals surface area contributed by atoms with Crippen LogP contribution in [0.15, 0.2) is 24.3 Å². The molecule has 0 unspecified atom stereocenters. The normalized spacial score (nSPS) is 15.5. The number of aryl methyl sites for hydroxylation is 1. The van der Waals surface area contributed by atoms with Crippen LogP contribution >= 0.6 is 0 Å². The SMILES string of the molecule is O=C(CCCc1ccc(OCCN2CCOCC2)cc1)NO. The van der Waals surface area contributed by atoms with Gasteiger partial charge in [-0.05, 0) is 30.5 Å². The van der Waals surface area contributed by atoms with Crippen molar-refractivity contribution in [2.24, 2.45) is 0 Å². The predicted octanol–water partition coefficient (Wildman–Crippen LogP) is 1.23. The summed E-state index contributed by atoms with van der Waals surface area (Å²) in [5.74, 6) is 0.521. The summed E-state index contributed by atoms with van der Waals surface area (Å²) in [6.45, 7) is 5.16. The lowest BCUT2D eigenvalue weighted by Gasteiger charge is -2.26. The van der Waals surface area contributed by atoms with Gasteiger partial charge in [0.15, 0.2) is 0 Å². The van der Waals surface area contributed by atoms with E-state index in [-0.39, 0.29) is 5.91 Å². The third-order valence-corrected chi connectivity index (χ3v) is 3.70. The van der Waals surface area contributed by atoms with E-state index in [0.717, 1.165) is 50.6 Å². The molecule has 2 rings (SSSR count). The summed E-state index contributed by atoms with van der Waals surface area (Å²) in [6.07, 6.45) is 1.85. The van der Waals surface area contributed by atoms with E-state index in [1.54, 1.807) is 5.48 Å². The first kappa shape index (κ1) is 16.7. The molecule has 0 aliphatic carbocycles. The summed E-state index contributed by atoms with van der Waals surface area (Å²) in [4.78, 5) is 13.2. The quantitative estimate of drug-likeness (QED) is 0.558. The Morgan fingerprint density at radius 3 is 2.68 bits per heavy atom. The molecule has 0 atom stereocenters. The largest absolute Gasteiger partial charge is 0.492 e. The molecule has 1 fully saturated rings. The average Bonchev–Trinajstić information content (AvgIpc) is 2.57. The number of morpholine rings is 1. The number of hydrogen-bond acceptors (Lipinski definition) is 5. The number of carbonyl (C=O) groups is 1. The molecule has 1 saturated heterocycles. The van der Waals surface area contributed by atoms with E-state index in [0.29, 0.717) is 19.4 Å². The molecule has 1 aliphatic rings. The minimum Gasteiger partial charge on any atom is -0.492 e. The van der Waals surface area contributed by atoms with Crippen molar-refractivity contribution < 1.29 is 19.5 Å². The van der Waals surface area contributed by atoms with E-state index >= 15 is 0 Å². The maximum atomic E-state index is 10.9. The lowest BCUT2D eigenvalue weighted by atomic mass is 10.1. The van der Waals surface area contributed by atoms with Gasteiger partial charge in [-0.2, -0.15) is 0 Å². The standard InChI is InChI=1S/C16H24N2O4/c19-16(17-20)3-1-2-14-4-6-15(7-5-14)22-13-10-18-8-11-21-12-9-18/h4-7,20H,1-3,8-13H2,(H,17,19). The fraction of sp³-hybridized carbons (Fsp3) is 0.562. The number of rotatable bonds is 8. The van der Waals surface area contributed by atoms with Gasteiger partial charge in [-0.3, -0.25) is 14.9 Å². The third-order valence-electron chi connectivity index (χ3n) is 3.70. The lowest BCUT2D eigenvalue weighted by molar-refractivity contribution is -0.129. The highest BCUT2D eigenvalue weighted by atomic mass is 16.5. The van der Waals surface area contributed by atoms with Gasteiger partial charge < -0.3 is 9.47 Å². The second-order valence-electron chi connectivity index (χ2n) is 5.33. The maximum Gasteiger partial charge on any atom is 0.243 e. The Labute approximate surface area is 131 Å². The van der Waals surface area contributed by atoms with Crippen molar-refractivity contribution in [1.29, 1.82) is 0 Å². The fourth-order valence-corrected chi connectivity index (χ4v) is 2.38. The first-order valence-electron chi connectivity index (χ1n) is 7.73. The molecule has 122 valence electrons. The molecule has 0 radical (unpaired) electrons. The van der Waals surface area contributed by atoms with E-state index in [1.165, 1.54) is 0 Å². The Morgan fingerprint density at radius 1 is 1.27 bits per heavy atom. The summed E-state index contributed by atoms with van der Waals surface area (Å²) in [7, 11) is 0. The zero-order valence-corrected chi connectivity index (χ0v) is 12.8. The van der Waals surface area contributed by atoms with Crippen LogP contribution in [0.5, 0.6) is 5.75 Å². The van der Waals surface area contributed by atoms with Crippen LogP contribution < -0.4 is 10.2 Å². The summed E-state index contributed by atoms with van der Waals surface area (Å²) < 4.78 is 11.1. The molecule has 2 N–H and O–H groups in total. The second-order valence-corrected chi connectivity index (χ2v) is 5.33. The number of hydroxylamine groups is 1. The molecule has 1 aromatic carbocycles. The van der Waals surface area contributed by atoms with Crippen LogP contribution in [0.4, 0.5) is 0 Å². The van der Waals surface area contributed by atoms with Gasteiger partial charge in [-0.15, -0.1) is 0 Å². The highest BCUT2D eigenvalue weighted by molar-refractivity contribution is 5.74. The van der Waals surface area contributed by atoms with Crippen molar-refractivity contribution in [3.63, 3.8) is 0 Å². The van der Waals surface area contributed by atoms with Crippen molar-refractivity contribution in [3.8, 4) is 5.75 Å². The fourth-order valence-electron chi connectivity index (χ4n) is 2.38. The van der Waals surface area contributed by atoms with Crippen molar-refractivity contribution >= 4 is 5.91 Å². The second kappa shape index (κ2) is 9.40. The third kappa shape index (κ3) is 6.01. The summed E-state index contributed by atoms with van der Waals surface area (Å²) in [5, 5.41) is 8.42. The van der Waals surface area contributed by atoms with Gasteiger partial charge in [0.2, 0.25) is 5.91 Å². The highest BCUT2D eigenvalue weighted by Gasteiger charge is 2.09. The molecule has 1 aromatic rings. The molecule has 0 bridgehead atoms. The Kier molecular flexibility index (Phi) is 7.15. The Morgan fingerprint density at radius 2 is 2.00 bits per heavy atom. The monoisotopic (exact) mass is 308 g/mol. The summed E-state index contributed by atoms with van der Waals surface area (Å²) in [6, 6.07) is 7.95. The first-order chi connectivity index (χ1) is 10.8. The van der Waals surface area contributed by atoms with Crippen LogP contribution in [0.25, 0.3) is 0 Å². The Bertz CT molecular complexity index is 444. The molecule has 0 spiro atoms. The Balaban J connectivity index is 1.64. The molecule has 6 heteroatoms. The van der Waals surface area contributed by atoms with E-state index in [2.05, 4.69) is 4.90 Å². The van der Waals surface area contributed by atoms with Gasteiger partial charge in [-0.1, -0.05) is 12.1 Å². The van der Waals surface area contributed by atoms with E-state index in [1.807, 2.05) is 24.3 Å². The van der Waals surface area contributed by atoms with E-state index in [4.69, 9.17) is 14.7 Å². The number of ether oxygens (including phenoxy) is 2. The zero-order chi connectivity index (χ0) is 15.6. The number of benzene rings is 1. The van der Waals surface area contributed by atoms with Gasteiger partial charge in [0.05, 0.1) is 13.2 Å².